The Hall–Kier alpha value is 1.26. The predicted octanol–water partition coefficient (Wildman–Crippen LogP) is 7.86. The molecule has 0 radical (unpaired) electrons. The molecule has 0 spiro atoms. The van der Waals surface area contributed by atoms with Crippen LogP contribution < -0.4 is 0 Å². The van der Waals surface area contributed by atoms with Crippen LogP contribution in [0.1, 0.15) is 0 Å². The molecule has 0 rings (SSSR count). The molecule has 0 aliphatic heterocycles. The number of hydrogen-bond acceptors (Lipinski definition) is 9. The van der Waals surface area contributed by atoms with Gasteiger partial charge in [0.15, 0.2) is 41.6 Å². The van der Waals surface area contributed by atoms with Gasteiger partial charge in [-0.2, -0.15) is 0 Å². The first-order valence-corrected chi connectivity index (χ1v) is 31.6. The lowest BCUT2D eigenvalue weighted by Crippen LogP contribution is -2.38. The zero-order chi connectivity index (χ0) is 27.4. The third kappa shape index (κ3) is 19.4. The van der Waals surface area contributed by atoms with Crippen LogP contribution in [0.15, 0.2) is 0 Å². The second-order valence-corrected chi connectivity index (χ2v) is 39.7. The van der Waals surface area contributed by atoms with Gasteiger partial charge >= 0.3 is 15.6 Å². The van der Waals surface area contributed by atoms with E-state index in [1.807, 2.05) is 98.2 Å². The van der Waals surface area contributed by atoms with E-state index in [-0.39, 0.29) is 13.2 Å². The molecule has 0 aromatic carbocycles. The molecule has 0 N–H and O–H groups in total. The van der Waals surface area contributed by atoms with E-state index in [4.69, 9.17) is 30.3 Å². The van der Waals surface area contributed by atoms with Gasteiger partial charge in [0.05, 0.1) is 19.3 Å². The Morgan fingerprint density at radius 2 is 0.706 bits per heavy atom. The summed E-state index contributed by atoms with van der Waals surface area (Å²) in [6.45, 7) is 29.0. The van der Waals surface area contributed by atoms with Crippen molar-refractivity contribution in [2.24, 2.45) is 0 Å². The van der Waals surface area contributed by atoms with Gasteiger partial charge < -0.3 is 21.3 Å². The Bertz CT molecular complexity index is 641. The maximum absolute atomic E-state index is 13.5. The second-order valence-electron chi connectivity index (χ2n) is 13.2. The van der Waals surface area contributed by atoms with Crippen LogP contribution in [0.5, 0.6) is 0 Å². The van der Waals surface area contributed by atoms with Gasteiger partial charge in [-0.1, -0.05) is 0 Å². The Labute approximate surface area is 213 Å². The average molecular weight is 613 g/mol. The van der Waals surface area contributed by atoms with Gasteiger partial charge in [0.2, 0.25) is 0 Å². The summed E-state index contributed by atoms with van der Waals surface area (Å²) in [6.07, 6.45) is -0.653. The maximum atomic E-state index is 13.5. The van der Waals surface area contributed by atoms with E-state index in [1.54, 1.807) is 0 Å². The summed E-state index contributed by atoms with van der Waals surface area (Å²) in [6, 6.07) is 0. The largest absolute Gasteiger partial charge is 0.455 e. The summed E-state index contributed by atoms with van der Waals surface area (Å²) < 4.78 is 68.3. The summed E-state index contributed by atoms with van der Waals surface area (Å²) in [5, 5.41) is 0. The summed E-state index contributed by atoms with van der Waals surface area (Å²) in [5.41, 5.74) is 0. The van der Waals surface area contributed by atoms with Crippen LogP contribution in [0, 0.1) is 0 Å². The first kappa shape index (κ1) is 35.3. The average Bonchev–Trinajstić information content (AvgIpc) is 2.40. The van der Waals surface area contributed by atoms with Crippen LogP contribution in [0.25, 0.3) is 0 Å². The molecule has 34 heavy (non-hydrogen) atoms. The highest BCUT2D eigenvalue weighted by atomic mass is 31.2. The highest BCUT2D eigenvalue weighted by Crippen LogP contribution is 2.55. The lowest BCUT2D eigenvalue weighted by molar-refractivity contribution is 0.0534. The molecule has 0 saturated heterocycles. The minimum absolute atomic E-state index is 0.101. The maximum Gasteiger partial charge on any atom is 0.455 e. The first-order chi connectivity index (χ1) is 14.6. The summed E-state index contributed by atoms with van der Waals surface area (Å²) >= 11 is 0. The van der Waals surface area contributed by atoms with Crippen molar-refractivity contribution in [3.63, 3.8) is 0 Å². The highest BCUT2D eigenvalue weighted by molar-refractivity contribution is 7.52. The van der Waals surface area contributed by atoms with Crippen molar-refractivity contribution in [1.29, 1.82) is 0 Å². The van der Waals surface area contributed by atoms with Crippen molar-refractivity contribution in [3.8, 4) is 0 Å². The Morgan fingerprint density at radius 1 is 0.471 bits per heavy atom. The number of phosphoric acid groups is 2. The minimum Gasteiger partial charge on any atom is -0.410 e. The quantitative estimate of drug-likeness (QED) is 0.127. The minimum atomic E-state index is -3.83. The standard InChI is InChI=1S/C18H50O9P2Si5/c1-30(2,3)23-18(16-21-28(19,24-31(4,5)6)25-32(7,8)9)17-22-29(20,26-33(10,11)12)27-34(13,14)15/h18H,16-17H2,1-15H3. The van der Waals surface area contributed by atoms with Crippen LogP contribution in [0.2, 0.25) is 98.2 Å². The SMILES string of the molecule is C[Si](C)(C)OC(COP(=O)(O[Si](C)(C)C)O[Si](C)(C)C)COP(=O)(O[Si](C)(C)C)O[Si](C)(C)C. The van der Waals surface area contributed by atoms with Gasteiger partial charge in [0, 0.05) is 0 Å². The Morgan fingerprint density at radius 3 is 0.882 bits per heavy atom. The monoisotopic (exact) mass is 612 g/mol. The van der Waals surface area contributed by atoms with Gasteiger partial charge in [-0.3, -0.25) is 9.05 Å². The van der Waals surface area contributed by atoms with Crippen LogP contribution in [0.4, 0.5) is 0 Å². The number of hydrogen-bond donors (Lipinski definition) is 0. The molecule has 0 saturated carbocycles. The predicted molar refractivity (Wildman–Crippen MR) is 153 cm³/mol. The summed E-state index contributed by atoms with van der Waals surface area (Å²) in [5.74, 6) is 0. The molecule has 0 unspecified atom stereocenters. The fourth-order valence-electron chi connectivity index (χ4n) is 2.45. The van der Waals surface area contributed by atoms with Crippen molar-refractivity contribution < 1.29 is 39.5 Å². The molecule has 0 heterocycles. The van der Waals surface area contributed by atoms with Gasteiger partial charge in [0.1, 0.15) is 0 Å². The molecule has 0 aromatic rings. The van der Waals surface area contributed by atoms with E-state index in [1.165, 1.54) is 0 Å². The van der Waals surface area contributed by atoms with Crippen LogP contribution >= 0.6 is 15.6 Å². The van der Waals surface area contributed by atoms with Crippen LogP contribution in [-0.4, -0.2) is 60.9 Å². The zero-order valence-electron chi connectivity index (χ0n) is 24.1. The van der Waals surface area contributed by atoms with E-state index in [2.05, 4.69) is 0 Å². The highest BCUT2D eigenvalue weighted by Gasteiger charge is 2.41. The second kappa shape index (κ2) is 12.4. The lowest BCUT2D eigenvalue weighted by Gasteiger charge is -2.33. The molecule has 0 amide bonds. The van der Waals surface area contributed by atoms with Crippen molar-refractivity contribution in [1.82, 2.24) is 0 Å². The molecule has 206 valence electrons. The Kier molecular flexibility index (Phi) is 12.9. The van der Waals surface area contributed by atoms with Crippen LogP contribution in [0.3, 0.4) is 0 Å². The molecule has 9 nitrogen and oxygen atoms in total. The lowest BCUT2D eigenvalue weighted by atomic mass is 10.4. The van der Waals surface area contributed by atoms with E-state index in [9.17, 15) is 9.13 Å². The van der Waals surface area contributed by atoms with Crippen molar-refractivity contribution >= 4 is 57.2 Å². The van der Waals surface area contributed by atoms with E-state index in [0.717, 1.165) is 0 Å². The summed E-state index contributed by atoms with van der Waals surface area (Å²) in [7, 11) is -18.7. The molecular formula is C18H50O9P2Si5. The fraction of sp³-hybridized carbons (Fsp3) is 1.00. The zero-order valence-corrected chi connectivity index (χ0v) is 30.8. The Balaban J connectivity index is 5.75. The van der Waals surface area contributed by atoms with Gasteiger partial charge in [0.25, 0.3) is 0 Å². The van der Waals surface area contributed by atoms with Crippen molar-refractivity contribution in [3.05, 3.63) is 0 Å². The molecule has 0 fully saturated rings. The fourth-order valence-corrected chi connectivity index (χ4v) is 16.8. The molecule has 0 aliphatic rings. The molecule has 0 aliphatic carbocycles. The summed E-state index contributed by atoms with van der Waals surface area (Å²) in [4.78, 5) is 0. The third-order valence-corrected chi connectivity index (χ3v) is 17.2. The third-order valence-electron chi connectivity index (χ3n) is 2.90. The molecular weight excluding hydrogens is 563 g/mol. The van der Waals surface area contributed by atoms with Gasteiger partial charge in [-0.15, -0.1) is 0 Å². The first-order valence-electron chi connectivity index (χ1n) is 11.6. The molecule has 0 aromatic heterocycles. The van der Waals surface area contributed by atoms with Crippen LogP contribution in [-0.2, 0) is 39.5 Å². The normalized spacial score (nSPS) is 15.3. The van der Waals surface area contributed by atoms with Gasteiger partial charge in [-0.25, -0.2) is 9.13 Å². The molecule has 0 atom stereocenters. The molecule has 16 heteroatoms. The van der Waals surface area contributed by atoms with E-state index in [0.29, 0.717) is 0 Å². The van der Waals surface area contributed by atoms with E-state index < -0.39 is 63.3 Å². The molecule has 0 bridgehead atoms. The van der Waals surface area contributed by atoms with E-state index >= 15 is 0 Å². The van der Waals surface area contributed by atoms with Crippen molar-refractivity contribution in [2.45, 2.75) is 104 Å². The number of rotatable bonds is 16. The van der Waals surface area contributed by atoms with Gasteiger partial charge in [-0.05, 0) is 98.2 Å². The topological polar surface area (TPSA) is 98.8 Å². The smallest absolute Gasteiger partial charge is 0.410 e. The van der Waals surface area contributed by atoms with Crippen molar-refractivity contribution in [2.75, 3.05) is 13.2 Å².